The molecule has 0 unspecified atom stereocenters. The van der Waals surface area contributed by atoms with Crippen LogP contribution < -0.4 is 0 Å². The molecule has 3 aliphatic rings. The first kappa shape index (κ1) is 12.9. The molecule has 2 bridgehead atoms. The number of aliphatic imine (C=N–C) groups is 1. The number of piperidine rings is 3. The summed E-state index contributed by atoms with van der Waals surface area (Å²) in [6.45, 7) is 9.40. The summed E-state index contributed by atoms with van der Waals surface area (Å²) >= 11 is 0. The van der Waals surface area contributed by atoms with Crippen molar-refractivity contribution in [3.63, 3.8) is 0 Å². The lowest BCUT2D eigenvalue weighted by molar-refractivity contribution is 0.0934. The molecule has 0 amide bonds. The Bertz CT molecular complexity index is 467. The van der Waals surface area contributed by atoms with E-state index in [0.717, 1.165) is 0 Å². The topological polar surface area (TPSA) is 15.6 Å². The Morgan fingerprint density at radius 2 is 1.79 bits per heavy atom. The van der Waals surface area contributed by atoms with E-state index in [2.05, 4.69) is 56.0 Å². The normalized spacial score (nSPS) is 32.5. The molecule has 2 nitrogen and oxygen atoms in total. The van der Waals surface area contributed by atoms with Crippen molar-refractivity contribution < 1.29 is 0 Å². The minimum atomic E-state index is 0.157. The fourth-order valence-electron chi connectivity index (χ4n) is 3.65. The van der Waals surface area contributed by atoms with Crippen LogP contribution in [0.3, 0.4) is 0 Å². The number of rotatable bonds is 2. The number of hydrogen-bond donors (Lipinski definition) is 0. The Labute approximate surface area is 116 Å². The SMILES string of the molecule is C[C@H](/N=C1/C2CCN(CC2)C1(C)C)c1ccccc1. The Balaban J connectivity index is 1.90. The van der Waals surface area contributed by atoms with Gasteiger partial charge in [0.2, 0.25) is 0 Å². The molecule has 0 aliphatic carbocycles. The number of benzene rings is 1. The summed E-state index contributed by atoms with van der Waals surface area (Å²) in [5.74, 6) is 0.714. The second-order valence-corrected chi connectivity index (χ2v) is 6.42. The lowest BCUT2D eigenvalue weighted by Crippen LogP contribution is -2.61. The second-order valence-electron chi connectivity index (χ2n) is 6.42. The highest BCUT2D eigenvalue weighted by molar-refractivity contribution is 5.96. The molecule has 0 radical (unpaired) electrons. The van der Waals surface area contributed by atoms with Crippen LogP contribution in [0.2, 0.25) is 0 Å². The molecule has 2 heteroatoms. The van der Waals surface area contributed by atoms with Gasteiger partial charge in [-0.2, -0.15) is 0 Å². The first-order chi connectivity index (χ1) is 9.09. The number of fused-ring (bicyclic) bond motifs is 3. The Morgan fingerprint density at radius 1 is 1.16 bits per heavy atom. The van der Waals surface area contributed by atoms with E-state index in [1.165, 1.54) is 37.2 Å². The zero-order valence-electron chi connectivity index (χ0n) is 12.3. The zero-order chi connectivity index (χ0) is 13.5. The van der Waals surface area contributed by atoms with Crippen LogP contribution in [0.25, 0.3) is 0 Å². The Hall–Kier alpha value is -1.15. The molecule has 0 saturated carbocycles. The molecule has 3 fully saturated rings. The lowest BCUT2D eigenvalue weighted by atomic mass is 9.74. The molecule has 102 valence electrons. The maximum absolute atomic E-state index is 5.12. The van der Waals surface area contributed by atoms with Crippen molar-refractivity contribution in [1.82, 2.24) is 4.90 Å². The van der Waals surface area contributed by atoms with Gasteiger partial charge >= 0.3 is 0 Å². The third kappa shape index (κ3) is 2.23. The first-order valence-electron chi connectivity index (χ1n) is 7.47. The summed E-state index contributed by atoms with van der Waals surface area (Å²) < 4.78 is 0. The van der Waals surface area contributed by atoms with Crippen LogP contribution in [0.5, 0.6) is 0 Å². The predicted octanol–water partition coefficient (Wildman–Crippen LogP) is 3.69. The van der Waals surface area contributed by atoms with Gasteiger partial charge in [-0.3, -0.25) is 9.89 Å². The van der Waals surface area contributed by atoms with E-state index >= 15 is 0 Å². The van der Waals surface area contributed by atoms with Crippen molar-refractivity contribution in [2.45, 2.75) is 45.2 Å². The van der Waals surface area contributed by atoms with Crippen molar-refractivity contribution in [3.05, 3.63) is 35.9 Å². The number of hydrogen-bond acceptors (Lipinski definition) is 2. The third-order valence-corrected chi connectivity index (χ3v) is 4.91. The highest BCUT2D eigenvalue weighted by Gasteiger charge is 2.44. The van der Waals surface area contributed by atoms with Gasteiger partial charge in [0.05, 0.1) is 11.6 Å². The molecule has 4 rings (SSSR count). The van der Waals surface area contributed by atoms with Crippen LogP contribution in [-0.4, -0.2) is 29.2 Å². The fraction of sp³-hybridized carbons (Fsp3) is 0.588. The Kier molecular flexibility index (Phi) is 3.22. The molecule has 1 aromatic carbocycles. The minimum absolute atomic E-state index is 0.157. The summed E-state index contributed by atoms with van der Waals surface area (Å²) in [6.07, 6.45) is 2.59. The van der Waals surface area contributed by atoms with Crippen molar-refractivity contribution in [2.24, 2.45) is 10.9 Å². The van der Waals surface area contributed by atoms with E-state index in [4.69, 9.17) is 4.99 Å². The van der Waals surface area contributed by atoms with E-state index < -0.39 is 0 Å². The van der Waals surface area contributed by atoms with Gasteiger partial charge in [0.1, 0.15) is 0 Å². The molecule has 1 aromatic rings. The van der Waals surface area contributed by atoms with Gasteiger partial charge in [-0.05, 0) is 52.3 Å². The van der Waals surface area contributed by atoms with Gasteiger partial charge < -0.3 is 0 Å². The summed E-state index contributed by atoms with van der Waals surface area (Å²) in [7, 11) is 0. The zero-order valence-corrected chi connectivity index (χ0v) is 12.3. The molecular weight excluding hydrogens is 232 g/mol. The molecule has 19 heavy (non-hydrogen) atoms. The summed E-state index contributed by atoms with van der Waals surface area (Å²) in [5.41, 5.74) is 2.91. The monoisotopic (exact) mass is 256 g/mol. The fourth-order valence-corrected chi connectivity index (χ4v) is 3.65. The maximum Gasteiger partial charge on any atom is 0.0721 e. The summed E-state index contributed by atoms with van der Waals surface area (Å²) in [6, 6.07) is 10.9. The van der Waals surface area contributed by atoms with Crippen LogP contribution in [0.15, 0.2) is 35.3 Å². The van der Waals surface area contributed by atoms with Gasteiger partial charge in [0, 0.05) is 11.6 Å². The van der Waals surface area contributed by atoms with Crippen molar-refractivity contribution in [1.29, 1.82) is 0 Å². The molecule has 0 spiro atoms. The van der Waals surface area contributed by atoms with Crippen molar-refractivity contribution in [2.75, 3.05) is 13.1 Å². The van der Waals surface area contributed by atoms with Gasteiger partial charge in [0.25, 0.3) is 0 Å². The molecule has 0 aromatic heterocycles. The third-order valence-electron chi connectivity index (χ3n) is 4.91. The van der Waals surface area contributed by atoms with Gasteiger partial charge in [-0.1, -0.05) is 30.3 Å². The quantitative estimate of drug-likeness (QED) is 0.788. The van der Waals surface area contributed by atoms with Crippen LogP contribution in [-0.2, 0) is 0 Å². The molecule has 1 atom stereocenters. The highest BCUT2D eigenvalue weighted by atomic mass is 15.2. The lowest BCUT2D eigenvalue weighted by Gasteiger charge is -2.52. The predicted molar refractivity (Wildman–Crippen MR) is 80.7 cm³/mol. The van der Waals surface area contributed by atoms with E-state index in [1.807, 2.05) is 0 Å². The summed E-state index contributed by atoms with van der Waals surface area (Å²) in [5, 5.41) is 0. The molecule has 0 N–H and O–H groups in total. The smallest absolute Gasteiger partial charge is 0.0721 e. The number of nitrogens with zero attached hydrogens (tertiary/aromatic N) is 2. The highest BCUT2D eigenvalue weighted by Crippen LogP contribution is 2.38. The van der Waals surface area contributed by atoms with Gasteiger partial charge in [-0.15, -0.1) is 0 Å². The van der Waals surface area contributed by atoms with E-state index in [9.17, 15) is 0 Å². The average Bonchev–Trinajstić information content (AvgIpc) is 2.44. The van der Waals surface area contributed by atoms with Crippen LogP contribution in [0, 0.1) is 5.92 Å². The van der Waals surface area contributed by atoms with Crippen LogP contribution in [0.1, 0.15) is 45.2 Å². The molecular formula is C17H24N2. The Morgan fingerprint density at radius 3 is 2.37 bits per heavy atom. The molecule has 3 heterocycles. The van der Waals surface area contributed by atoms with Crippen molar-refractivity contribution >= 4 is 5.71 Å². The largest absolute Gasteiger partial charge is 0.293 e. The van der Waals surface area contributed by atoms with Crippen LogP contribution in [0.4, 0.5) is 0 Å². The van der Waals surface area contributed by atoms with Crippen molar-refractivity contribution in [3.8, 4) is 0 Å². The van der Waals surface area contributed by atoms with E-state index in [0.29, 0.717) is 5.92 Å². The van der Waals surface area contributed by atoms with Gasteiger partial charge in [0.15, 0.2) is 0 Å². The van der Waals surface area contributed by atoms with Crippen LogP contribution >= 0.6 is 0 Å². The van der Waals surface area contributed by atoms with Gasteiger partial charge in [-0.25, -0.2) is 0 Å². The molecule has 3 aliphatic heterocycles. The first-order valence-corrected chi connectivity index (χ1v) is 7.47. The van der Waals surface area contributed by atoms with E-state index in [-0.39, 0.29) is 11.6 Å². The molecule has 3 saturated heterocycles. The average molecular weight is 256 g/mol. The maximum atomic E-state index is 5.12. The minimum Gasteiger partial charge on any atom is -0.293 e. The summed E-state index contributed by atoms with van der Waals surface area (Å²) in [4.78, 5) is 7.72. The standard InChI is InChI=1S/C17H24N2/c1-13(14-7-5-4-6-8-14)18-16-15-9-11-19(12-10-15)17(16,2)3/h4-8,13,15H,9-12H2,1-3H3/b18-16-/t13-/m0/s1. The van der Waals surface area contributed by atoms with E-state index in [1.54, 1.807) is 0 Å². The second kappa shape index (κ2) is 4.75.